The lowest BCUT2D eigenvalue weighted by atomic mass is 9.96. The van der Waals surface area contributed by atoms with Crippen molar-refractivity contribution in [3.63, 3.8) is 0 Å². The van der Waals surface area contributed by atoms with Gasteiger partial charge in [-0.25, -0.2) is 13.6 Å². The predicted molar refractivity (Wildman–Crippen MR) is 111 cm³/mol. The molecule has 2 aliphatic rings. The number of nitrogens with zero attached hydrogens (tertiary/aromatic N) is 1. The Balaban J connectivity index is 1.53. The van der Waals surface area contributed by atoms with Gasteiger partial charge in [-0.15, -0.1) is 0 Å². The van der Waals surface area contributed by atoms with Crippen LogP contribution in [-0.4, -0.2) is 27.6 Å². The molecule has 2 saturated carbocycles. The second-order valence-corrected chi connectivity index (χ2v) is 9.76. The van der Waals surface area contributed by atoms with E-state index in [-0.39, 0.29) is 4.90 Å². The van der Waals surface area contributed by atoms with Crippen molar-refractivity contribution in [1.29, 1.82) is 0 Å². The first kappa shape index (κ1) is 20.2. The van der Waals surface area contributed by atoms with Gasteiger partial charge in [0.25, 0.3) is 0 Å². The number of aryl methyl sites for hydroxylation is 1. The van der Waals surface area contributed by atoms with Crippen molar-refractivity contribution in [2.75, 3.05) is 14.2 Å². The van der Waals surface area contributed by atoms with Crippen molar-refractivity contribution in [2.45, 2.75) is 49.3 Å². The number of methoxy groups -OCH3 is 2. The molecule has 1 aromatic carbocycles. The van der Waals surface area contributed by atoms with Crippen LogP contribution in [0.4, 0.5) is 0 Å². The largest absolute Gasteiger partial charge is 0.481 e. The van der Waals surface area contributed by atoms with E-state index in [9.17, 15) is 8.42 Å². The number of hydrogen-bond acceptors (Lipinski definition) is 5. The lowest BCUT2D eigenvalue weighted by Crippen LogP contribution is -2.11. The first-order valence-corrected chi connectivity index (χ1v) is 11.6. The molecule has 4 rings (SSSR count). The zero-order chi connectivity index (χ0) is 20.6. The van der Waals surface area contributed by atoms with Gasteiger partial charge >= 0.3 is 0 Å². The summed E-state index contributed by atoms with van der Waals surface area (Å²) >= 11 is 0. The highest BCUT2D eigenvalue weighted by atomic mass is 32.2. The van der Waals surface area contributed by atoms with E-state index in [1.54, 1.807) is 26.4 Å². The van der Waals surface area contributed by atoms with E-state index in [1.807, 2.05) is 24.3 Å². The summed E-state index contributed by atoms with van der Waals surface area (Å²) in [6.07, 6.45) is 7.00. The normalized spacial score (nSPS) is 22.6. The molecule has 0 unspecified atom stereocenters. The molecule has 0 saturated heterocycles. The standard InChI is InChI=1S/C22H28N2O4S/c1-27-19-12-8-16(21(24-19)28-2)7-11-18-20(22(18)13-3-4-14-22)15-5-9-17(10-6-15)29(23,25)26/h5-6,8-10,12,18,20H,3-4,7,11,13-14H2,1-2H3,(H2,23,25,26)/t18-,20-/m1/s1. The molecule has 2 fully saturated rings. The summed E-state index contributed by atoms with van der Waals surface area (Å²) in [4.78, 5) is 4.57. The van der Waals surface area contributed by atoms with E-state index >= 15 is 0 Å². The summed E-state index contributed by atoms with van der Waals surface area (Å²) in [5.41, 5.74) is 2.68. The quantitative estimate of drug-likeness (QED) is 0.744. The van der Waals surface area contributed by atoms with Crippen LogP contribution in [0, 0.1) is 11.3 Å². The Morgan fingerprint density at radius 2 is 1.76 bits per heavy atom. The minimum atomic E-state index is -3.66. The molecule has 7 heteroatoms. The van der Waals surface area contributed by atoms with Gasteiger partial charge in [-0.05, 0) is 66.7 Å². The lowest BCUT2D eigenvalue weighted by molar-refractivity contribution is 0.360. The van der Waals surface area contributed by atoms with Crippen molar-refractivity contribution < 1.29 is 17.9 Å². The molecule has 2 aromatic rings. The minimum absolute atomic E-state index is 0.174. The van der Waals surface area contributed by atoms with Crippen molar-refractivity contribution in [1.82, 2.24) is 4.98 Å². The molecule has 1 heterocycles. The maximum atomic E-state index is 11.6. The molecule has 2 N–H and O–H groups in total. The van der Waals surface area contributed by atoms with Gasteiger partial charge in [-0.1, -0.05) is 25.0 Å². The maximum Gasteiger partial charge on any atom is 0.238 e. The van der Waals surface area contributed by atoms with Crippen LogP contribution < -0.4 is 14.6 Å². The molecular weight excluding hydrogens is 388 g/mol. The number of pyridine rings is 1. The number of ether oxygens (including phenoxy) is 2. The Kier molecular flexibility index (Phi) is 5.29. The molecule has 0 radical (unpaired) electrons. The van der Waals surface area contributed by atoms with Crippen LogP contribution in [0.15, 0.2) is 41.3 Å². The van der Waals surface area contributed by atoms with E-state index in [0.717, 1.165) is 18.4 Å². The Bertz CT molecular complexity index is 982. The highest BCUT2D eigenvalue weighted by Gasteiger charge is 2.64. The van der Waals surface area contributed by atoms with Gasteiger partial charge in [0.1, 0.15) is 0 Å². The van der Waals surface area contributed by atoms with Crippen molar-refractivity contribution in [2.24, 2.45) is 16.5 Å². The van der Waals surface area contributed by atoms with Gasteiger partial charge in [0.2, 0.25) is 21.8 Å². The number of benzene rings is 1. The molecule has 6 nitrogen and oxygen atoms in total. The van der Waals surface area contributed by atoms with E-state index in [4.69, 9.17) is 14.6 Å². The van der Waals surface area contributed by atoms with E-state index in [1.165, 1.54) is 31.2 Å². The number of hydrogen-bond donors (Lipinski definition) is 1. The average molecular weight is 417 g/mol. The fourth-order valence-corrected chi connectivity index (χ4v) is 5.94. The highest BCUT2D eigenvalue weighted by molar-refractivity contribution is 7.89. The van der Waals surface area contributed by atoms with Crippen LogP contribution in [0.25, 0.3) is 0 Å². The monoisotopic (exact) mass is 416 g/mol. The van der Waals surface area contributed by atoms with Crippen molar-refractivity contribution in [3.8, 4) is 11.8 Å². The summed E-state index contributed by atoms with van der Waals surface area (Å²) in [5.74, 6) is 2.26. The molecule has 0 bridgehead atoms. The molecule has 156 valence electrons. The summed E-state index contributed by atoms with van der Waals surface area (Å²) in [6, 6.07) is 11.1. The number of aromatic nitrogens is 1. The first-order chi connectivity index (χ1) is 13.9. The summed E-state index contributed by atoms with van der Waals surface area (Å²) < 4.78 is 33.8. The zero-order valence-electron chi connectivity index (χ0n) is 16.9. The summed E-state index contributed by atoms with van der Waals surface area (Å²) in [5, 5.41) is 5.25. The lowest BCUT2D eigenvalue weighted by Gasteiger charge is -2.11. The van der Waals surface area contributed by atoms with Crippen LogP contribution in [0.3, 0.4) is 0 Å². The molecule has 1 aromatic heterocycles. The van der Waals surface area contributed by atoms with Gasteiger partial charge in [0, 0.05) is 11.6 Å². The molecular formula is C22H28N2O4S. The van der Waals surface area contributed by atoms with E-state index in [2.05, 4.69) is 4.98 Å². The zero-order valence-corrected chi connectivity index (χ0v) is 17.7. The van der Waals surface area contributed by atoms with Crippen LogP contribution in [0.2, 0.25) is 0 Å². The Morgan fingerprint density at radius 3 is 2.34 bits per heavy atom. The van der Waals surface area contributed by atoms with Crippen molar-refractivity contribution >= 4 is 10.0 Å². The molecule has 1 spiro atoms. The Labute approximate surface area is 172 Å². The molecule has 0 aliphatic heterocycles. The molecule has 29 heavy (non-hydrogen) atoms. The number of nitrogens with two attached hydrogens (primary N) is 1. The number of rotatable bonds is 7. The number of primary sulfonamides is 1. The Morgan fingerprint density at radius 1 is 1.07 bits per heavy atom. The molecule has 0 amide bonds. The van der Waals surface area contributed by atoms with Gasteiger partial charge in [-0.2, -0.15) is 4.98 Å². The van der Waals surface area contributed by atoms with Crippen LogP contribution in [-0.2, 0) is 16.4 Å². The molecule has 2 aliphatic carbocycles. The van der Waals surface area contributed by atoms with Gasteiger partial charge in [0.05, 0.1) is 19.1 Å². The van der Waals surface area contributed by atoms with Crippen LogP contribution in [0.5, 0.6) is 11.8 Å². The van der Waals surface area contributed by atoms with Crippen LogP contribution >= 0.6 is 0 Å². The first-order valence-electron chi connectivity index (χ1n) is 10.1. The fourth-order valence-electron chi connectivity index (χ4n) is 5.42. The van der Waals surface area contributed by atoms with Gasteiger partial charge in [0.15, 0.2) is 0 Å². The third-order valence-corrected chi connectivity index (χ3v) is 7.72. The maximum absolute atomic E-state index is 11.6. The van der Waals surface area contributed by atoms with Gasteiger partial charge < -0.3 is 9.47 Å². The topological polar surface area (TPSA) is 91.5 Å². The highest BCUT2D eigenvalue weighted by Crippen LogP contribution is 2.73. The summed E-state index contributed by atoms with van der Waals surface area (Å²) in [7, 11) is -0.423. The van der Waals surface area contributed by atoms with E-state index in [0.29, 0.717) is 29.0 Å². The fraction of sp³-hybridized carbons (Fsp3) is 0.500. The SMILES string of the molecule is COc1ccc(CC[C@@H]2[C@@H](c3ccc(S(N)(=O)=O)cc3)C23CCCC3)c(OC)n1. The third kappa shape index (κ3) is 3.73. The second kappa shape index (κ2) is 7.61. The smallest absolute Gasteiger partial charge is 0.238 e. The van der Waals surface area contributed by atoms with Gasteiger partial charge in [-0.3, -0.25) is 0 Å². The molecule has 2 atom stereocenters. The third-order valence-electron chi connectivity index (χ3n) is 6.79. The summed E-state index contributed by atoms with van der Waals surface area (Å²) in [6.45, 7) is 0. The minimum Gasteiger partial charge on any atom is -0.481 e. The van der Waals surface area contributed by atoms with Crippen molar-refractivity contribution in [3.05, 3.63) is 47.5 Å². The predicted octanol–water partition coefficient (Wildman–Crippen LogP) is 3.65. The number of sulfonamides is 1. The Hall–Kier alpha value is -2.12. The van der Waals surface area contributed by atoms with Crippen LogP contribution in [0.1, 0.15) is 49.1 Å². The van der Waals surface area contributed by atoms with E-state index < -0.39 is 10.0 Å². The average Bonchev–Trinajstić information content (AvgIpc) is 3.05. The second-order valence-electron chi connectivity index (χ2n) is 8.20.